The van der Waals surface area contributed by atoms with Crippen LogP contribution in [0.4, 0.5) is 0 Å². The Kier molecular flexibility index (Phi) is 5.36. The number of aryl methyl sites for hydroxylation is 2. The van der Waals surface area contributed by atoms with Crippen molar-refractivity contribution in [3.63, 3.8) is 0 Å². The van der Waals surface area contributed by atoms with E-state index >= 15 is 0 Å². The first-order valence-corrected chi connectivity index (χ1v) is 6.52. The van der Waals surface area contributed by atoms with Gasteiger partial charge >= 0.3 is 0 Å². The number of ether oxygens (including phenoxy) is 1. The van der Waals surface area contributed by atoms with Crippen LogP contribution in [-0.4, -0.2) is 25.1 Å². The van der Waals surface area contributed by atoms with Crippen molar-refractivity contribution in [3.8, 4) is 5.75 Å². The fraction of sp³-hybridized carbons (Fsp3) is 0.533. The fourth-order valence-electron chi connectivity index (χ4n) is 2.04. The van der Waals surface area contributed by atoms with E-state index in [9.17, 15) is 4.79 Å². The van der Waals surface area contributed by atoms with Gasteiger partial charge in [-0.05, 0) is 45.2 Å². The van der Waals surface area contributed by atoms with E-state index in [4.69, 9.17) is 10.5 Å². The number of benzene rings is 1. The lowest BCUT2D eigenvalue weighted by atomic mass is 9.94. The zero-order chi connectivity index (χ0) is 14.5. The molecule has 0 radical (unpaired) electrons. The number of nitrogens with two attached hydrogens (primary N) is 1. The van der Waals surface area contributed by atoms with Crippen molar-refractivity contribution in [2.75, 3.05) is 13.7 Å². The molecular weight excluding hydrogens is 240 g/mol. The Hall–Kier alpha value is -1.55. The summed E-state index contributed by atoms with van der Waals surface area (Å²) in [5, 5.41) is 2.92. The largest absolute Gasteiger partial charge is 0.496 e. The van der Waals surface area contributed by atoms with Gasteiger partial charge in [0.1, 0.15) is 5.75 Å². The minimum absolute atomic E-state index is 0.0250. The molecule has 0 aromatic heterocycles. The molecule has 0 saturated heterocycles. The second kappa shape index (κ2) is 6.57. The fourth-order valence-corrected chi connectivity index (χ4v) is 2.04. The van der Waals surface area contributed by atoms with Crippen LogP contribution in [0.1, 0.15) is 31.4 Å². The van der Waals surface area contributed by atoms with Crippen molar-refractivity contribution >= 4 is 5.91 Å². The second-order valence-corrected chi connectivity index (χ2v) is 5.45. The van der Waals surface area contributed by atoms with Crippen molar-refractivity contribution < 1.29 is 9.53 Å². The lowest BCUT2D eigenvalue weighted by Gasteiger charge is -2.26. The molecule has 0 saturated carbocycles. The van der Waals surface area contributed by atoms with E-state index in [-0.39, 0.29) is 18.0 Å². The van der Waals surface area contributed by atoms with Gasteiger partial charge in [-0.3, -0.25) is 4.79 Å². The van der Waals surface area contributed by atoms with Crippen LogP contribution in [0.2, 0.25) is 0 Å². The molecule has 0 spiro atoms. The molecule has 4 heteroatoms. The summed E-state index contributed by atoms with van der Waals surface area (Å²) in [6, 6.07) is 6.14. The normalized spacial score (nSPS) is 11.2. The molecule has 0 unspecified atom stereocenters. The van der Waals surface area contributed by atoms with Gasteiger partial charge in [-0.25, -0.2) is 0 Å². The summed E-state index contributed by atoms with van der Waals surface area (Å²) < 4.78 is 5.36. The van der Waals surface area contributed by atoms with Crippen LogP contribution < -0.4 is 15.8 Å². The van der Waals surface area contributed by atoms with Crippen LogP contribution in [0.5, 0.6) is 5.75 Å². The molecular formula is C15H24N2O2. The highest BCUT2D eigenvalue weighted by atomic mass is 16.5. The highest BCUT2D eigenvalue weighted by molar-refractivity contribution is 5.78. The summed E-state index contributed by atoms with van der Waals surface area (Å²) in [5.41, 5.74) is 7.42. The van der Waals surface area contributed by atoms with E-state index in [0.29, 0.717) is 0 Å². The molecule has 0 bridgehead atoms. The first-order valence-electron chi connectivity index (χ1n) is 6.52. The third-order valence-electron chi connectivity index (χ3n) is 3.12. The van der Waals surface area contributed by atoms with Crippen LogP contribution in [-0.2, 0) is 11.2 Å². The monoisotopic (exact) mass is 264 g/mol. The number of nitrogens with one attached hydrogen (secondary N) is 1. The first kappa shape index (κ1) is 15.5. The van der Waals surface area contributed by atoms with Gasteiger partial charge in [-0.1, -0.05) is 17.7 Å². The SMILES string of the molecule is COc1ccc(C)cc1CCC(C)(C)NC(=O)CN. The predicted molar refractivity (Wildman–Crippen MR) is 77.3 cm³/mol. The highest BCUT2D eigenvalue weighted by Gasteiger charge is 2.20. The number of carbonyl (C=O) groups is 1. The number of amides is 1. The van der Waals surface area contributed by atoms with Crippen molar-refractivity contribution in [1.29, 1.82) is 0 Å². The van der Waals surface area contributed by atoms with E-state index in [2.05, 4.69) is 18.3 Å². The topological polar surface area (TPSA) is 64.3 Å². The van der Waals surface area contributed by atoms with E-state index in [1.165, 1.54) is 5.56 Å². The summed E-state index contributed by atoms with van der Waals surface area (Å²) in [6.07, 6.45) is 1.68. The summed E-state index contributed by atoms with van der Waals surface area (Å²) in [5.74, 6) is 0.771. The molecule has 1 aromatic carbocycles. The smallest absolute Gasteiger partial charge is 0.234 e. The maximum Gasteiger partial charge on any atom is 0.234 e. The Labute approximate surface area is 115 Å². The van der Waals surface area contributed by atoms with Crippen LogP contribution in [0.25, 0.3) is 0 Å². The lowest BCUT2D eigenvalue weighted by Crippen LogP contribution is -2.46. The van der Waals surface area contributed by atoms with Gasteiger partial charge in [0.15, 0.2) is 0 Å². The molecule has 19 heavy (non-hydrogen) atoms. The number of hydrogen-bond acceptors (Lipinski definition) is 3. The van der Waals surface area contributed by atoms with Crippen molar-refractivity contribution in [1.82, 2.24) is 5.32 Å². The van der Waals surface area contributed by atoms with Crippen LogP contribution in [0, 0.1) is 6.92 Å². The van der Waals surface area contributed by atoms with Crippen LogP contribution in [0.15, 0.2) is 18.2 Å². The Bertz CT molecular complexity index is 442. The van der Waals surface area contributed by atoms with Crippen molar-refractivity contribution in [2.24, 2.45) is 5.73 Å². The molecule has 1 aromatic rings. The molecule has 3 N–H and O–H groups in total. The molecule has 106 valence electrons. The maximum atomic E-state index is 11.4. The van der Waals surface area contributed by atoms with Gasteiger partial charge in [0.05, 0.1) is 13.7 Å². The Morgan fingerprint density at radius 3 is 2.68 bits per heavy atom. The zero-order valence-corrected chi connectivity index (χ0v) is 12.2. The molecule has 0 atom stereocenters. The summed E-state index contributed by atoms with van der Waals surface area (Å²) in [7, 11) is 1.68. The van der Waals surface area contributed by atoms with Crippen molar-refractivity contribution in [3.05, 3.63) is 29.3 Å². The molecule has 0 aliphatic heterocycles. The van der Waals surface area contributed by atoms with Gasteiger partial charge in [0.2, 0.25) is 5.91 Å². The summed E-state index contributed by atoms with van der Waals surface area (Å²) in [4.78, 5) is 11.4. The zero-order valence-electron chi connectivity index (χ0n) is 12.2. The van der Waals surface area contributed by atoms with E-state index < -0.39 is 0 Å². The van der Waals surface area contributed by atoms with E-state index in [1.807, 2.05) is 26.0 Å². The Balaban J connectivity index is 2.70. The summed E-state index contributed by atoms with van der Waals surface area (Å²) >= 11 is 0. The minimum Gasteiger partial charge on any atom is -0.496 e. The highest BCUT2D eigenvalue weighted by Crippen LogP contribution is 2.23. The number of hydrogen-bond donors (Lipinski definition) is 2. The quantitative estimate of drug-likeness (QED) is 0.823. The Morgan fingerprint density at radius 1 is 1.42 bits per heavy atom. The predicted octanol–water partition coefficient (Wildman–Crippen LogP) is 1.79. The van der Waals surface area contributed by atoms with E-state index in [0.717, 1.165) is 24.2 Å². The van der Waals surface area contributed by atoms with E-state index in [1.54, 1.807) is 7.11 Å². The van der Waals surface area contributed by atoms with Crippen LogP contribution in [0.3, 0.4) is 0 Å². The standard InChI is InChI=1S/C15H24N2O2/c1-11-5-6-13(19-4)12(9-11)7-8-15(2,3)17-14(18)10-16/h5-6,9H,7-8,10,16H2,1-4H3,(H,17,18). The Morgan fingerprint density at radius 2 is 2.11 bits per heavy atom. The molecule has 4 nitrogen and oxygen atoms in total. The van der Waals surface area contributed by atoms with Crippen molar-refractivity contribution in [2.45, 2.75) is 39.2 Å². The summed E-state index contributed by atoms with van der Waals surface area (Å²) in [6.45, 7) is 6.09. The van der Waals surface area contributed by atoms with Gasteiger partial charge in [-0.15, -0.1) is 0 Å². The molecule has 1 amide bonds. The first-order chi connectivity index (χ1) is 8.88. The lowest BCUT2D eigenvalue weighted by molar-refractivity contribution is -0.121. The third-order valence-corrected chi connectivity index (χ3v) is 3.12. The second-order valence-electron chi connectivity index (χ2n) is 5.45. The van der Waals surface area contributed by atoms with Gasteiger partial charge in [-0.2, -0.15) is 0 Å². The third kappa shape index (κ3) is 4.91. The molecule has 0 aliphatic carbocycles. The molecule has 1 rings (SSSR count). The van der Waals surface area contributed by atoms with Gasteiger partial charge in [0, 0.05) is 5.54 Å². The molecule has 0 fully saturated rings. The number of methoxy groups -OCH3 is 1. The minimum atomic E-state index is -0.273. The van der Waals surface area contributed by atoms with Gasteiger partial charge < -0.3 is 15.8 Å². The van der Waals surface area contributed by atoms with Crippen LogP contribution >= 0.6 is 0 Å². The number of carbonyl (C=O) groups excluding carboxylic acids is 1. The van der Waals surface area contributed by atoms with Gasteiger partial charge in [0.25, 0.3) is 0 Å². The molecule has 0 heterocycles. The average molecular weight is 264 g/mol. The number of rotatable bonds is 6. The molecule has 0 aliphatic rings. The maximum absolute atomic E-state index is 11.4. The average Bonchev–Trinajstić information content (AvgIpc) is 2.36.